The molecule has 35 heavy (non-hydrogen) atoms. The fourth-order valence-corrected chi connectivity index (χ4v) is 8.39. The minimum absolute atomic E-state index is 0.0329. The first-order chi connectivity index (χ1) is 16.6. The monoisotopic (exact) mass is 542 g/mol. The predicted octanol–water partition coefficient (Wildman–Crippen LogP) is 2.80. The van der Waals surface area contributed by atoms with E-state index in [1.54, 1.807) is 18.2 Å². The molecule has 0 unspecified atom stereocenters. The van der Waals surface area contributed by atoms with Gasteiger partial charge in [0.05, 0.1) is 21.2 Å². The first-order valence-corrected chi connectivity index (χ1v) is 16.0. The molecule has 2 saturated heterocycles. The lowest BCUT2D eigenvalue weighted by Gasteiger charge is -2.27. The van der Waals surface area contributed by atoms with Crippen LogP contribution in [0.25, 0.3) is 0 Å². The van der Waals surface area contributed by atoms with Crippen LogP contribution < -0.4 is 9.44 Å². The summed E-state index contributed by atoms with van der Waals surface area (Å²) in [6, 6.07) is 11.4. The van der Waals surface area contributed by atoms with Crippen LogP contribution in [0.5, 0.6) is 0 Å². The first kappa shape index (κ1) is 25.9. The predicted molar refractivity (Wildman–Crippen MR) is 134 cm³/mol. The van der Waals surface area contributed by atoms with Gasteiger partial charge < -0.3 is 0 Å². The molecule has 2 aromatic carbocycles. The van der Waals surface area contributed by atoms with Gasteiger partial charge >= 0.3 is 20.4 Å². The number of rotatable bonds is 8. The van der Waals surface area contributed by atoms with E-state index >= 15 is 0 Å². The van der Waals surface area contributed by atoms with Crippen LogP contribution in [0.2, 0.25) is 0 Å². The minimum Gasteiger partial charge on any atom is -0.271 e. The van der Waals surface area contributed by atoms with Gasteiger partial charge in [0, 0.05) is 26.2 Å². The van der Waals surface area contributed by atoms with Gasteiger partial charge in [0.2, 0.25) is 9.84 Å². The van der Waals surface area contributed by atoms with Gasteiger partial charge in [-0.1, -0.05) is 31.0 Å². The molecule has 0 bridgehead atoms. The van der Waals surface area contributed by atoms with Gasteiger partial charge in [-0.2, -0.15) is 25.4 Å². The largest absolute Gasteiger partial charge is 0.301 e. The van der Waals surface area contributed by atoms with Gasteiger partial charge in [-0.25, -0.2) is 8.42 Å². The molecule has 2 N–H and O–H groups in total. The molecule has 0 amide bonds. The molecule has 2 aliphatic heterocycles. The molecule has 2 fully saturated rings. The van der Waals surface area contributed by atoms with Crippen molar-refractivity contribution in [3.05, 3.63) is 48.5 Å². The molecule has 0 radical (unpaired) electrons. The molecule has 10 nitrogen and oxygen atoms in total. The number of hydrogen-bond donors (Lipinski definition) is 2. The molecule has 0 aliphatic carbocycles. The number of anilines is 2. The van der Waals surface area contributed by atoms with E-state index in [2.05, 4.69) is 9.44 Å². The van der Waals surface area contributed by atoms with Crippen molar-refractivity contribution in [2.75, 3.05) is 35.6 Å². The number of benzene rings is 2. The number of piperidine rings is 2. The summed E-state index contributed by atoms with van der Waals surface area (Å²) < 4.78 is 86.2. The smallest absolute Gasteiger partial charge is 0.271 e. The van der Waals surface area contributed by atoms with Crippen LogP contribution in [0.15, 0.2) is 58.3 Å². The van der Waals surface area contributed by atoms with Crippen molar-refractivity contribution in [3.63, 3.8) is 0 Å². The highest BCUT2D eigenvalue weighted by Crippen LogP contribution is 2.32. The van der Waals surface area contributed by atoms with E-state index in [4.69, 9.17) is 0 Å². The zero-order chi connectivity index (χ0) is 25.1. The van der Waals surface area contributed by atoms with Crippen LogP contribution in [0.1, 0.15) is 38.5 Å². The van der Waals surface area contributed by atoms with Crippen molar-refractivity contribution in [2.24, 2.45) is 0 Å². The van der Waals surface area contributed by atoms with E-state index in [-0.39, 0.29) is 21.2 Å². The molecular weight excluding hydrogens is 512 g/mol. The Morgan fingerprint density at radius 1 is 0.600 bits per heavy atom. The van der Waals surface area contributed by atoms with Crippen LogP contribution in [0, 0.1) is 0 Å². The van der Waals surface area contributed by atoms with Crippen molar-refractivity contribution in [1.29, 1.82) is 0 Å². The van der Waals surface area contributed by atoms with Crippen LogP contribution in [0.4, 0.5) is 11.4 Å². The summed E-state index contributed by atoms with van der Waals surface area (Å²) in [5.74, 6) is 0. The van der Waals surface area contributed by atoms with E-state index in [9.17, 15) is 25.3 Å². The summed E-state index contributed by atoms with van der Waals surface area (Å²) in [6.45, 7) is 1.48. The topological polar surface area (TPSA) is 133 Å². The SMILES string of the molecule is O=S(=O)(c1ccccc1)c1cc(NS(=O)(=O)N2CCCCC2)ccc1NS(=O)(=O)N1CCCCC1. The Balaban J connectivity index is 1.72. The molecule has 0 aromatic heterocycles. The third-order valence-corrected chi connectivity index (χ3v) is 11.0. The molecule has 2 aromatic rings. The van der Waals surface area contributed by atoms with E-state index in [0.717, 1.165) is 44.6 Å². The Morgan fingerprint density at radius 2 is 1.11 bits per heavy atom. The van der Waals surface area contributed by atoms with Crippen LogP contribution in [0.3, 0.4) is 0 Å². The Hall–Kier alpha value is -2.19. The highest BCUT2D eigenvalue weighted by atomic mass is 32.2. The van der Waals surface area contributed by atoms with Crippen molar-refractivity contribution >= 4 is 41.6 Å². The normalized spacial score (nSPS) is 18.7. The van der Waals surface area contributed by atoms with Crippen molar-refractivity contribution in [2.45, 2.75) is 48.3 Å². The van der Waals surface area contributed by atoms with Gasteiger partial charge in [-0.15, -0.1) is 0 Å². The number of sulfone groups is 1. The Morgan fingerprint density at radius 3 is 1.66 bits per heavy atom. The first-order valence-electron chi connectivity index (χ1n) is 11.6. The molecular formula is C22H30N4O6S3. The van der Waals surface area contributed by atoms with Crippen molar-refractivity contribution in [1.82, 2.24) is 8.61 Å². The Kier molecular flexibility index (Phi) is 7.71. The zero-order valence-corrected chi connectivity index (χ0v) is 21.7. The van der Waals surface area contributed by atoms with Crippen molar-refractivity contribution in [3.8, 4) is 0 Å². The van der Waals surface area contributed by atoms with E-state index < -0.39 is 30.3 Å². The maximum Gasteiger partial charge on any atom is 0.301 e. The van der Waals surface area contributed by atoms with Crippen LogP contribution in [-0.4, -0.2) is 60.0 Å². The number of hydrogen-bond acceptors (Lipinski definition) is 6. The summed E-state index contributed by atoms with van der Waals surface area (Å²) in [4.78, 5) is -0.363. The molecule has 4 rings (SSSR count). The van der Waals surface area contributed by atoms with Crippen LogP contribution in [-0.2, 0) is 30.3 Å². The van der Waals surface area contributed by atoms with Gasteiger partial charge in [-0.05, 0) is 56.0 Å². The van der Waals surface area contributed by atoms with E-state index in [0.29, 0.717) is 26.2 Å². The Labute approximate surface area is 207 Å². The summed E-state index contributed by atoms with van der Waals surface area (Å²) in [6.07, 6.45) is 4.86. The molecule has 0 spiro atoms. The lowest BCUT2D eigenvalue weighted by Crippen LogP contribution is -2.40. The second-order valence-corrected chi connectivity index (χ2v) is 13.9. The second-order valence-electron chi connectivity index (χ2n) is 8.66. The van der Waals surface area contributed by atoms with E-state index in [1.807, 2.05) is 0 Å². The van der Waals surface area contributed by atoms with Gasteiger partial charge in [0.1, 0.15) is 0 Å². The second kappa shape index (κ2) is 10.4. The standard InChI is InChI=1S/C22H30N4O6S3/c27-33(28,20-10-4-1-5-11-20)22-18-19(23-34(29,30)25-14-6-2-7-15-25)12-13-21(22)24-35(31,32)26-16-8-3-9-17-26/h1,4-5,10-13,18,23-24H,2-3,6-9,14-17H2. The third kappa shape index (κ3) is 5.97. The van der Waals surface area contributed by atoms with Gasteiger partial charge in [-0.3, -0.25) is 9.44 Å². The quantitative estimate of drug-likeness (QED) is 0.527. The molecule has 0 atom stereocenters. The van der Waals surface area contributed by atoms with Crippen LogP contribution >= 0.6 is 0 Å². The maximum atomic E-state index is 13.5. The molecule has 2 aliphatic rings. The lowest BCUT2D eigenvalue weighted by molar-refractivity contribution is 0.348. The van der Waals surface area contributed by atoms with E-state index in [1.165, 1.54) is 32.9 Å². The summed E-state index contributed by atoms with van der Waals surface area (Å²) in [5.41, 5.74) is -0.105. The summed E-state index contributed by atoms with van der Waals surface area (Å²) in [5, 5.41) is 0. The summed E-state index contributed by atoms with van der Waals surface area (Å²) >= 11 is 0. The molecule has 2 heterocycles. The number of nitrogens with one attached hydrogen (secondary N) is 2. The highest BCUT2D eigenvalue weighted by Gasteiger charge is 2.29. The fraction of sp³-hybridized carbons (Fsp3) is 0.455. The number of nitrogens with zero attached hydrogens (tertiary/aromatic N) is 2. The molecule has 0 saturated carbocycles. The third-order valence-electron chi connectivity index (χ3n) is 6.12. The zero-order valence-electron chi connectivity index (χ0n) is 19.3. The van der Waals surface area contributed by atoms with Gasteiger partial charge in [0.15, 0.2) is 0 Å². The molecule has 13 heteroatoms. The van der Waals surface area contributed by atoms with Gasteiger partial charge in [0.25, 0.3) is 0 Å². The average Bonchev–Trinajstić information content (AvgIpc) is 2.86. The molecule has 192 valence electrons. The average molecular weight is 543 g/mol. The Bertz CT molecular complexity index is 1350. The summed E-state index contributed by atoms with van der Waals surface area (Å²) in [7, 11) is -12.1. The highest BCUT2D eigenvalue weighted by molar-refractivity contribution is 7.92. The van der Waals surface area contributed by atoms with Crippen molar-refractivity contribution < 1.29 is 25.3 Å². The lowest BCUT2D eigenvalue weighted by atomic mass is 10.2. The maximum absolute atomic E-state index is 13.5. The fourth-order valence-electron chi connectivity index (χ4n) is 4.25. The minimum atomic E-state index is -4.17.